The van der Waals surface area contributed by atoms with E-state index in [4.69, 9.17) is 9.84 Å². The van der Waals surface area contributed by atoms with E-state index in [1.807, 2.05) is 26.0 Å². The fraction of sp³-hybridized carbons (Fsp3) is 0.739. The van der Waals surface area contributed by atoms with Crippen LogP contribution in [0.15, 0.2) is 23.8 Å². The van der Waals surface area contributed by atoms with Gasteiger partial charge in [-0.3, -0.25) is 9.59 Å². The molecule has 2 aliphatic carbocycles. The number of aliphatic hydroxyl groups excluding tert-OH is 3. The highest BCUT2D eigenvalue weighted by Gasteiger charge is 2.42. The van der Waals surface area contributed by atoms with E-state index in [-0.39, 0.29) is 42.5 Å². The summed E-state index contributed by atoms with van der Waals surface area (Å²) in [6.07, 6.45) is 4.64. The molecule has 0 bridgehead atoms. The average molecular weight is 425 g/mol. The summed E-state index contributed by atoms with van der Waals surface area (Å²) in [4.78, 5) is 23.1. The van der Waals surface area contributed by atoms with Crippen molar-refractivity contribution >= 4 is 11.9 Å². The Morgan fingerprint density at radius 2 is 1.97 bits per heavy atom. The standard InChI is InChI=1S/C23H36O7/c1-4-13(2)23(29)30-20-11-17(25)9-15-6-5-14(3)19(22(15)20)8-7-16(24)10-18(26)12-21(27)28/h5-6,9,13-14,16-20,22,24-26H,4,7-8,10-12H2,1-3H3,(H,27,28)/t13-,14-,16-,17+,18+,19-,20+,22-/m0/s1. The highest BCUT2D eigenvalue weighted by molar-refractivity contribution is 5.72. The van der Waals surface area contributed by atoms with E-state index < -0.39 is 30.4 Å². The molecule has 0 aromatic carbocycles. The number of carbonyl (C=O) groups excluding carboxylic acids is 1. The summed E-state index contributed by atoms with van der Waals surface area (Å²) in [7, 11) is 0. The third kappa shape index (κ3) is 6.65. The number of ether oxygens (including phenoxy) is 1. The molecule has 0 aromatic heterocycles. The van der Waals surface area contributed by atoms with Gasteiger partial charge in [0.1, 0.15) is 6.10 Å². The third-order valence-corrected chi connectivity index (χ3v) is 6.44. The average Bonchev–Trinajstić information content (AvgIpc) is 2.65. The lowest BCUT2D eigenvalue weighted by atomic mass is 9.66. The lowest BCUT2D eigenvalue weighted by molar-refractivity contribution is -0.159. The molecule has 170 valence electrons. The second kappa shape index (κ2) is 11.1. The van der Waals surface area contributed by atoms with Gasteiger partial charge in [-0.05, 0) is 43.1 Å². The zero-order chi connectivity index (χ0) is 22.4. The number of hydrogen-bond acceptors (Lipinski definition) is 6. The minimum Gasteiger partial charge on any atom is -0.481 e. The largest absolute Gasteiger partial charge is 0.481 e. The summed E-state index contributed by atoms with van der Waals surface area (Å²) in [5, 5.41) is 39.1. The first-order valence-corrected chi connectivity index (χ1v) is 11.0. The highest BCUT2D eigenvalue weighted by Crippen LogP contribution is 2.44. The summed E-state index contributed by atoms with van der Waals surface area (Å²) < 4.78 is 5.84. The number of carboxylic acid groups (broad SMARTS) is 1. The lowest BCUT2D eigenvalue weighted by Gasteiger charge is -2.43. The van der Waals surface area contributed by atoms with Crippen LogP contribution in [0.4, 0.5) is 0 Å². The van der Waals surface area contributed by atoms with E-state index >= 15 is 0 Å². The van der Waals surface area contributed by atoms with E-state index in [1.165, 1.54) is 0 Å². The Hall–Kier alpha value is -1.70. The molecule has 2 rings (SSSR count). The van der Waals surface area contributed by atoms with Gasteiger partial charge in [0.05, 0.1) is 30.7 Å². The highest BCUT2D eigenvalue weighted by atomic mass is 16.5. The summed E-state index contributed by atoms with van der Waals surface area (Å²) in [5.74, 6) is -1.31. The molecule has 0 saturated heterocycles. The normalized spacial score (nSPS) is 31.3. The molecule has 4 N–H and O–H groups in total. The number of fused-ring (bicyclic) bond motifs is 1. The van der Waals surface area contributed by atoms with E-state index in [1.54, 1.807) is 0 Å². The number of allylic oxidation sites excluding steroid dienone is 2. The van der Waals surface area contributed by atoms with Crippen molar-refractivity contribution in [2.24, 2.45) is 23.7 Å². The lowest BCUT2D eigenvalue weighted by Crippen LogP contribution is -2.43. The number of aliphatic hydroxyl groups is 3. The van der Waals surface area contributed by atoms with Crippen LogP contribution in [0.25, 0.3) is 0 Å². The topological polar surface area (TPSA) is 124 Å². The summed E-state index contributed by atoms with van der Waals surface area (Å²) in [6, 6.07) is 0. The third-order valence-electron chi connectivity index (χ3n) is 6.44. The summed E-state index contributed by atoms with van der Waals surface area (Å²) >= 11 is 0. The maximum absolute atomic E-state index is 12.4. The van der Waals surface area contributed by atoms with Crippen LogP contribution in [0.2, 0.25) is 0 Å². The zero-order valence-electron chi connectivity index (χ0n) is 18.1. The minimum absolute atomic E-state index is 0.0156. The predicted octanol–water partition coefficient (Wildman–Crippen LogP) is 2.44. The molecule has 0 unspecified atom stereocenters. The number of aliphatic carboxylic acids is 1. The van der Waals surface area contributed by atoms with Crippen LogP contribution >= 0.6 is 0 Å². The molecular formula is C23H36O7. The molecule has 0 saturated carbocycles. The van der Waals surface area contributed by atoms with Crippen molar-refractivity contribution in [2.75, 3.05) is 0 Å². The van der Waals surface area contributed by atoms with Crippen LogP contribution in [0.3, 0.4) is 0 Å². The number of rotatable bonds is 10. The quantitative estimate of drug-likeness (QED) is 0.397. The van der Waals surface area contributed by atoms with E-state index in [0.717, 1.165) is 5.57 Å². The fourth-order valence-electron chi connectivity index (χ4n) is 4.52. The first kappa shape index (κ1) is 24.6. The van der Waals surface area contributed by atoms with E-state index in [0.29, 0.717) is 25.7 Å². The van der Waals surface area contributed by atoms with Gasteiger partial charge in [-0.15, -0.1) is 0 Å². The molecule has 0 spiro atoms. The van der Waals surface area contributed by atoms with Crippen LogP contribution in [-0.2, 0) is 14.3 Å². The smallest absolute Gasteiger partial charge is 0.308 e. The van der Waals surface area contributed by atoms with Crippen molar-refractivity contribution in [3.05, 3.63) is 23.8 Å². The van der Waals surface area contributed by atoms with Gasteiger partial charge in [0.2, 0.25) is 0 Å². The van der Waals surface area contributed by atoms with Gasteiger partial charge >= 0.3 is 11.9 Å². The van der Waals surface area contributed by atoms with Crippen molar-refractivity contribution < 1.29 is 34.8 Å². The van der Waals surface area contributed by atoms with Crippen molar-refractivity contribution in [3.8, 4) is 0 Å². The number of carboxylic acids is 1. The van der Waals surface area contributed by atoms with Gasteiger partial charge in [0.25, 0.3) is 0 Å². The summed E-state index contributed by atoms with van der Waals surface area (Å²) in [6.45, 7) is 5.85. The van der Waals surface area contributed by atoms with Gasteiger partial charge in [-0.25, -0.2) is 0 Å². The van der Waals surface area contributed by atoms with Crippen molar-refractivity contribution in [1.29, 1.82) is 0 Å². The second-order valence-corrected chi connectivity index (χ2v) is 8.88. The van der Waals surface area contributed by atoms with Crippen LogP contribution in [0.1, 0.15) is 59.3 Å². The van der Waals surface area contributed by atoms with Crippen LogP contribution in [-0.4, -0.2) is 56.8 Å². The van der Waals surface area contributed by atoms with Crippen molar-refractivity contribution in [2.45, 2.75) is 83.7 Å². The van der Waals surface area contributed by atoms with Crippen LogP contribution in [0.5, 0.6) is 0 Å². The minimum atomic E-state index is -1.10. The molecule has 7 nitrogen and oxygen atoms in total. The van der Waals surface area contributed by atoms with E-state index in [2.05, 4.69) is 13.0 Å². The molecule has 30 heavy (non-hydrogen) atoms. The Labute approximate surface area is 178 Å². The molecule has 2 aliphatic rings. The van der Waals surface area contributed by atoms with Gasteiger partial charge in [0.15, 0.2) is 0 Å². The maximum atomic E-state index is 12.4. The van der Waals surface area contributed by atoms with Gasteiger partial charge in [-0.1, -0.05) is 39.0 Å². The first-order chi connectivity index (χ1) is 14.1. The molecule has 0 radical (unpaired) electrons. The number of hydrogen-bond donors (Lipinski definition) is 4. The molecule has 7 heteroatoms. The molecule has 0 fully saturated rings. The maximum Gasteiger partial charge on any atom is 0.308 e. The fourth-order valence-corrected chi connectivity index (χ4v) is 4.52. The van der Waals surface area contributed by atoms with Gasteiger partial charge in [-0.2, -0.15) is 0 Å². The Morgan fingerprint density at radius 1 is 1.27 bits per heavy atom. The molecule has 0 heterocycles. The number of esters is 1. The van der Waals surface area contributed by atoms with E-state index in [9.17, 15) is 24.9 Å². The Bertz CT molecular complexity index is 656. The second-order valence-electron chi connectivity index (χ2n) is 8.88. The summed E-state index contributed by atoms with van der Waals surface area (Å²) in [5.41, 5.74) is 0.958. The number of carbonyl (C=O) groups is 2. The van der Waals surface area contributed by atoms with Crippen LogP contribution < -0.4 is 0 Å². The van der Waals surface area contributed by atoms with Crippen LogP contribution in [0, 0.1) is 23.7 Å². The SMILES string of the molecule is CC[C@H](C)C(=O)O[C@@H]1C[C@H](O)C=C2C=C[C@H](C)[C@H](CC[C@H](O)C[C@@H](O)CC(=O)O)[C@H]21. The molecule has 0 aliphatic heterocycles. The molecule has 0 amide bonds. The van der Waals surface area contributed by atoms with Crippen molar-refractivity contribution in [1.82, 2.24) is 0 Å². The molecular weight excluding hydrogens is 388 g/mol. The Kier molecular flexibility index (Phi) is 9.07. The van der Waals surface area contributed by atoms with Crippen molar-refractivity contribution in [3.63, 3.8) is 0 Å². The Balaban J connectivity index is 2.09. The predicted molar refractivity (Wildman–Crippen MR) is 111 cm³/mol. The monoisotopic (exact) mass is 424 g/mol. The Morgan fingerprint density at radius 3 is 2.60 bits per heavy atom. The van der Waals surface area contributed by atoms with Gasteiger partial charge in [0, 0.05) is 12.3 Å². The molecule has 8 atom stereocenters. The van der Waals surface area contributed by atoms with Gasteiger partial charge < -0.3 is 25.2 Å². The zero-order valence-corrected chi connectivity index (χ0v) is 18.1. The molecule has 0 aromatic rings. The first-order valence-electron chi connectivity index (χ1n) is 11.0.